The molecule has 0 spiro atoms. The van der Waals surface area contributed by atoms with E-state index in [0.29, 0.717) is 12.1 Å². The van der Waals surface area contributed by atoms with Crippen molar-refractivity contribution in [2.75, 3.05) is 25.1 Å². The summed E-state index contributed by atoms with van der Waals surface area (Å²) < 4.78 is 0. The number of carbonyl (C=O) groups excluding carboxylic acids is 2. The lowest BCUT2D eigenvalue weighted by atomic mass is 10.0. The summed E-state index contributed by atoms with van der Waals surface area (Å²) in [4.78, 5) is 32.8. The van der Waals surface area contributed by atoms with Gasteiger partial charge in [0.05, 0.1) is 5.52 Å². The molecule has 1 aromatic carbocycles. The topological polar surface area (TPSA) is 74.3 Å². The number of para-hydroxylation sites is 1. The molecule has 30 heavy (non-hydrogen) atoms. The van der Waals surface area contributed by atoms with Gasteiger partial charge in [-0.3, -0.25) is 9.59 Å². The quantitative estimate of drug-likeness (QED) is 0.679. The van der Waals surface area contributed by atoms with E-state index in [4.69, 9.17) is 0 Å². The molecular formula is C23H30N4O2S. The molecule has 1 aliphatic heterocycles. The maximum atomic E-state index is 13.0. The van der Waals surface area contributed by atoms with Gasteiger partial charge in [0.25, 0.3) is 5.91 Å². The number of amides is 2. The molecule has 2 N–H and O–H groups in total. The Morgan fingerprint density at radius 2 is 1.90 bits per heavy atom. The fraction of sp³-hybridized carbons (Fsp3) is 0.522. The van der Waals surface area contributed by atoms with Crippen LogP contribution >= 0.6 is 11.8 Å². The molecule has 7 heteroatoms. The average molecular weight is 427 g/mol. The number of benzene rings is 1. The Bertz CT molecular complexity index is 894. The maximum Gasteiger partial charge on any atom is 0.270 e. The van der Waals surface area contributed by atoms with Crippen LogP contribution < -0.4 is 10.6 Å². The minimum Gasteiger partial charge on any atom is -0.351 e. The standard InChI is InChI=1S/C23H30N4O2S/c1-30-15-12-21(22(28)24-17-10-13-27(14-11-17)18-7-8-18)26-23(29)20-9-6-16-4-2-3-5-19(16)25-20/h2-6,9,17-18,21H,7-8,10-15H2,1H3,(H,24,28)(H,26,29)/t21-/m0/s1. The third kappa shape index (κ3) is 5.32. The second-order valence-electron chi connectivity index (χ2n) is 8.25. The normalized spacial score (nSPS) is 18.8. The summed E-state index contributed by atoms with van der Waals surface area (Å²) in [5.74, 6) is 0.428. The zero-order chi connectivity index (χ0) is 20.9. The lowest BCUT2D eigenvalue weighted by Crippen LogP contribution is -2.52. The molecule has 0 radical (unpaired) electrons. The van der Waals surface area contributed by atoms with Gasteiger partial charge in [-0.25, -0.2) is 4.98 Å². The molecular weight excluding hydrogens is 396 g/mol. The number of likely N-dealkylation sites (tertiary alicyclic amines) is 1. The van der Waals surface area contributed by atoms with Crippen LogP contribution in [0.5, 0.6) is 0 Å². The van der Waals surface area contributed by atoms with E-state index in [-0.39, 0.29) is 17.9 Å². The predicted molar refractivity (Wildman–Crippen MR) is 122 cm³/mol. The fourth-order valence-electron chi connectivity index (χ4n) is 4.08. The molecule has 1 saturated heterocycles. The van der Waals surface area contributed by atoms with E-state index in [0.717, 1.165) is 48.6 Å². The van der Waals surface area contributed by atoms with Gasteiger partial charge in [-0.1, -0.05) is 24.3 Å². The average Bonchev–Trinajstić information content (AvgIpc) is 3.62. The Hall–Kier alpha value is -2.12. The lowest BCUT2D eigenvalue weighted by molar-refractivity contribution is -0.124. The number of aromatic nitrogens is 1. The Kier molecular flexibility index (Phi) is 6.89. The van der Waals surface area contributed by atoms with Crippen molar-refractivity contribution in [1.29, 1.82) is 0 Å². The fourth-order valence-corrected chi connectivity index (χ4v) is 4.55. The van der Waals surface area contributed by atoms with E-state index in [1.165, 1.54) is 12.8 Å². The first-order valence-electron chi connectivity index (χ1n) is 10.8. The van der Waals surface area contributed by atoms with E-state index in [2.05, 4.69) is 20.5 Å². The highest BCUT2D eigenvalue weighted by Crippen LogP contribution is 2.29. The van der Waals surface area contributed by atoms with Gasteiger partial charge in [0.2, 0.25) is 5.91 Å². The molecule has 2 heterocycles. The molecule has 0 bridgehead atoms. The summed E-state index contributed by atoms with van der Waals surface area (Å²) in [5, 5.41) is 7.10. The summed E-state index contributed by atoms with van der Waals surface area (Å²) >= 11 is 1.68. The van der Waals surface area contributed by atoms with Crippen molar-refractivity contribution in [3.05, 3.63) is 42.1 Å². The largest absolute Gasteiger partial charge is 0.351 e. The minimum absolute atomic E-state index is 0.0805. The number of carbonyl (C=O) groups is 2. The van der Waals surface area contributed by atoms with Crippen molar-refractivity contribution in [3.63, 3.8) is 0 Å². The van der Waals surface area contributed by atoms with Gasteiger partial charge < -0.3 is 15.5 Å². The van der Waals surface area contributed by atoms with Gasteiger partial charge in [0, 0.05) is 30.6 Å². The van der Waals surface area contributed by atoms with Crippen molar-refractivity contribution < 1.29 is 9.59 Å². The van der Waals surface area contributed by atoms with Gasteiger partial charge in [-0.15, -0.1) is 0 Å². The first-order valence-corrected chi connectivity index (χ1v) is 12.2. The summed E-state index contributed by atoms with van der Waals surface area (Å²) in [6.45, 7) is 2.11. The Labute approximate surface area is 182 Å². The highest BCUT2D eigenvalue weighted by Gasteiger charge is 2.33. The molecule has 2 aromatic rings. The number of piperidine rings is 1. The highest BCUT2D eigenvalue weighted by atomic mass is 32.2. The molecule has 4 rings (SSSR count). The van der Waals surface area contributed by atoms with Crippen LogP contribution in [-0.4, -0.2) is 64.9 Å². The molecule has 2 fully saturated rings. The molecule has 1 aliphatic carbocycles. The summed E-state index contributed by atoms with van der Waals surface area (Å²) in [6, 6.07) is 11.7. The Morgan fingerprint density at radius 3 is 2.63 bits per heavy atom. The van der Waals surface area contributed by atoms with Crippen LogP contribution in [0, 0.1) is 0 Å². The van der Waals surface area contributed by atoms with Crippen molar-refractivity contribution in [1.82, 2.24) is 20.5 Å². The van der Waals surface area contributed by atoms with Crippen molar-refractivity contribution in [2.45, 2.75) is 50.2 Å². The number of fused-ring (bicyclic) bond motifs is 1. The predicted octanol–water partition coefficient (Wildman–Crippen LogP) is 2.83. The number of pyridine rings is 1. The Morgan fingerprint density at radius 1 is 1.13 bits per heavy atom. The van der Waals surface area contributed by atoms with Crippen LogP contribution in [0.2, 0.25) is 0 Å². The molecule has 160 valence electrons. The van der Waals surface area contributed by atoms with Gasteiger partial charge in [-0.05, 0) is 56.2 Å². The van der Waals surface area contributed by atoms with E-state index in [9.17, 15) is 9.59 Å². The van der Waals surface area contributed by atoms with E-state index in [1.54, 1.807) is 17.8 Å². The number of nitrogens with one attached hydrogen (secondary N) is 2. The second-order valence-corrected chi connectivity index (χ2v) is 9.23. The number of nitrogens with zero attached hydrogens (tertiary/aromatic N) is 2. The summed E-state index contributed by atoms with van der Waals surface area (Å²) in [7, 11) is 0. The number of rotatable bonds is 8. The molecule has 2 amide bonds. The zero-order valence-corrected chi connectivity index (χ0v) is 18.3. The van der Waals surface area contributed by atoms with E-state index < -0.39 is 6.04 Å². The van der Waals surface area contributed by atoms with Gasteiger partial charge in [-0.2, -0.15) is 11.8 Å². The zero-order valence-electron chi connectivity index (χ0n) is 17.5. The lowest BCUT2D eigenvalue weighted by Gasteiger charge is -2.33. The molecule has 6 nitrogen and oxygen atoms in total. The minimum atomic E-state index is -0.542. The maximum absolute atomic E-state index is 13.0. The van der Waals surface area contributed by atoms with Crippen LogP contribution in [-0.2, 0) is 4.79 Å². The molecule has 0 unspecified atom stereocenters. The van der Waals surface area contributed by atoms with Crippen LogP contribution in [0.1, 0.15) is 42.6 Å². The van der Waals surface area contributed by atoms with Gasteiger partial charge >= 0.3 is 0 Å². The monoisotopic (exact) mass is 426 g/mol. The third-order valence-electron chi connectivity index (χ3n) is 6.00. The van der Waals surface area contributed by atoms with Crippen LogP contribution in [0.15, 0.2) is 36.4 Å². The summed E-state index contributed by atoms with van der Waals surface area (Å²) in [6.07, 6.45) is 7.23. The SMILES string of the molecule is CSCC[C@H](NC(=O)c1ccc2ccccc2n1)C(=O)NC1CCN(C2CC2)CC1. The first-order chi connectivity index (χ1) is 14.6. The third-order valence-corrected chi connectivity index (χ3v) is 6.65. The van der Waals surface area contributed by atoms with Crippen LogP contribution in [0.4, 0.5) is 0 Å². The van der Waals surface area contributed by atoms with Crippen LogP contribution in [0.25, 0.3) is 10.9 Å². The number of thioether (sulfide) groups is 1. The van der Waals surface area contributed by atoms with Crippen molar-refractivity contribution in [2.24, 2.45) is 0 Å². The van der Waals surface area contributed by atoms with E-state index in [1.807, 2.05) is 36.6 Å². The molecule has 2 aliphatic rings. The van der Waals surface area contributed by atoms with Crippen LogP contribution in [0.3, 0.4) is 0 Å². The smallest absolute Gasteiger partial charge is 0.270 e. The molecule has 1 saturated carbocycles. The highest BCUT2D eigenvalue weighted by molar-refractivity contribution is 7.98. The molecule has 1 aromatic heterocycles. The van der Waals surface area contributed by atoms with E-state index >= 15 is 0 Å². The van der Waals surface area contributed by atoms with Gasteiger partial charge in [0.1, 0.15) is 11.7 Å². The summed E-state index contributed by atoms with van der Waals surface area (Å²) in [5.41, 5.74) is 1.12. The molecule has 1 atom stereocenters. The van der Waals surface area contributed by atoms with Crippen molar-refractivity contribution in [3.8, 4) is 0 Å². The first kappa shape index (κ1) is 21.1. The number of hydrogen-bond acceptors (Lipinski definition) is 5. The Balaban J connectivity index is 1.37. The van der Waals surface area contributed by atoms with Crippen molar-refractivity contribution >= 4 is 34.5 Å². The number of hydrogen-bond donors (Lipinski definition) is 2. The second kappa shape index (κ2) is 9.79. The van der Waals surface area contributed by atoms with Gasteiger partial charge in [0.15, 0.2) is 0 Å².